The fourth-order valence-corrected chi connectivity index (χ4v) is 4.35. The number of hydrogen-bond donors (Lipinski definition) is 1. The molecule has 1 saturated carbocycles. The van der Waals surface area contributed by atoms with Crippen molar-refractivity contribution in [2.75, 3.05) is 18.9 Å². The second kappa shape index (κ2) is 5.04. The first-order valence-corrected chi connectivity index (χ1v) is 8.79. The van der Waals surface area contributed by atoms with Crippen molar-refractivity contribution in [1.29, 1.82) is 0 Å². The zero-order chi connectivity index (χ0) is 14.3. The summed E-state index contributed by atoms with van der Waals surface area (Å²) in [7, 11) is -1.67. The number of aryl methyl sites for hydroxylation is 1. The van der Waals surface area contributed by atoms with Crippen molar-refractivity contribution in [3.05, 3.63) is 23.8 Å². The minimum Gasteiger partial charge on any atom is -0.385 e. The molecule has 1 aliphatic carbocycles. The molecular formula is C15H22N2O2S. The van der Waals surface area contributed by atoms with Crippen LogP contribution in [0, 0.1) is 5.92 Å². The van der Waals surface area contributed by atoms with Gasteiger partial charge in [-0.3, -0.25) is 0 Å². The van der Waals surface area contributed by atoms with Crippen molar-refractivity contribution >= 4 is 15.7 Å². The third kappa shape index (κ3) is 2.44. The molecule has 0 bridgehead atoms. The largest absolute Gasteiger partial charge is 0.385 e. The molecule has 0 radical (unpaired) electrons. The van der Waals surface area contributed by atoms with Gasteiger partial charge in [0, 0.05) is 25.3 Å². The van der Waals surface area contributed by atoms with Crippen LogP contribution in [0.25, 0.3) is 0 Å². The van der Waals surface area contributed by atoms with E-state index in [0.29, 0.717) is 10.8 Å². The fourth-order valence-electron chi connectivity index (χ4n) is 2.87. The third-order valence-corrected chi connectivity index (χ3v) is 6.51. The maximum Gasteiger partial charge on any atom is 0.243 e. The van der Waals surface area contributed by atoms with E-state index in [1.807, 2.05) is 19.1 Å². The van der Waals surface area contributed by atoms with Crippen LogP contribution in [-0.4, -0.2) is 32.4 Å². The van der Waals surface area contributed by atoms with E-state index in [0.717, 1.165) is 43.5 Å². The van der Waals surface area contributed by atoms with Crippen molar-refractivity contribution in [2.45, 2.75) is 43.5 Å². The van der Waals surface area contributed by atoms with Gasteiger partial charge < -0.3 is 5.32 Å². The molecule has 0 aromatic heterocycles. The minimum absolute atomic E-state index is 0.0918. The summed E-state index contributed by atoms with van der Waals surface area (Å²) in [4.78, 5) is 0.426. The van der Waals surface area contributed by atoms with Gasteiger partial charge in [0.15, 0.2) is 0 Å². The van der Waals surface area contributed by atoms with Crippen molar-refractivity contribution < 1.29 is 8.42 Å². The SMILES string of the molecule is CC(C1CC1)N(C)S(=O)(=O)c1ccc2c(c1)CCCN2. The number of rotatable bonds is 4. The van der Waals surface area contributed by atoms with Crippen LogP contribution in [0.3, 0.4) is 0 Å². The molecule has 1 atom stereocenters. The Bertz CT molecular complexity index is 608. The molecule has 5 heteroatoms. The molecule has 1 aromatic carbocycles. The van der Waals surface area contributed by atoms with E-state index in [1.54, 1.807) is 17.4 Å². The summed E-state index contributed by atoms with van der Waals surface area (Å²) in [6.07, 6.45) is 4.31. The Balaban J connectivity index is 1.90. The average Bonchev–Trinajstić information content (AvgIpc) is 3.29. The summed E-state index contributed by atoms with van der Waals surface area (Å²) in [6.45, 7) is 2.98. The monoisotopic (exact) mass is 294 g/mol. The van der Waals surface area contributed by atoms with Gasteiger partial charge in [-0.2, -0.15) is 4.31 Å². The molecule has 0 saturated heterocycles. The number of benzene rings is 1. The van der Waals surface area contributed by atoms with Gasteiger partial charge in [-0.05, 0) is 62.3 Å². The van der Waals surface area contributed by atoms with Crippen LogP contribution in [0.15, 0.2) is 23.1 Å². The molecule has 1 heterocycles. The normalized spacial score (nSPS) is 20.4. The van der Waals surface area contributed by atoms with Gasteiger partial charge in [0.2, 0.25) is 10.0 Å². The van der Waals surface area contributed by atoms with Crippen LogP contribution in [0.5, 0.6) is 0 Å². The lowest BCUT2D eigenvalue weighted by Gasteiger charge is -2.25. The molecular weight excluding hydrogens is 272 g/mol. The summed E-state index contributed by atoms with van der Waals surface area (Å²) in [6, 6.07) is 5.56. The topological polar surface area (TPSA) is 49.4 Å². The number of nitrogens with zero attached hydrogens (tertiary/aromatic N) is 1. The highest BCUT2D eigenvalue weighted by Crippen LogP contribution is 2.36. The molecule has 4 nitrogen and oxygen atoms in total. The van der Waals surface area contributed by atoms with Crippen molar-refractivity contribution in [3.8, 4) is 0 Å². The highest BCUT2D eigenvalue weighted by atomic mass is 32.2. The molecule has 2 aliphatic rings. The Hall–Kier alpha value is -1.07. The number of hydrogen-bond acceptors (Lipinski definition) is 3. The summed E-state index contributed by atoms with van der Waals surface area (Å²) in [5.41, 5.74) is 2.19. The van der Waals surface area contributed by atoms with E-state index < -0.39 is 10.0 Å². The van der Waals surface area contributed by atoms with Crippen LogP contribution in [0.4, 0.5) is 5.69 Å². The van der Waals surface area contributed by atoms with Gasteiger partial charge in [-0.1, -0.05) is 0 Å². The standard InChI is InChI=1S/C15H22N2O2S/c1-11(12-5-6-12)17(2)20(18,19)14-7-8-15-13(10-14)4-3-9-16-15/h7-8,10-12,16H,3-6,9H2,1-2H3. The third-order valence-electron chi connectivity index (χ3n) is 4.57. The van der Waals surface area contributed by atoms with Crippen LogP contribution < -0.4 is 5.32 Å². The Morgan fingerprint density at radius 2 is 2.10 bits per heavy atom. The first-order chi connectivity index (χ1) is 9.50. The summed E-state index contributed by atoms with van der Waals surface area (Å²) in [5, 5.41) is 3.31. The molecule has 110 valence electrons. The van der Waals surface area contributed by atoms with Gasteiger partial charge in [-0.15, -0.1) is 0 Å². The molecule has 1 fully saturated rings. The average molecular weight is 294 g/mol. The summed E-state index contributed by atoms with van der Waals surface area (Å²) < 4.78 is 26.9. The predicted octanol–water partition coefficient (Wildman–Crippen LogP) is 2.46. The lowest BCUT2D eigenvalue weighted by atomic mass is 10.0. The first-order valence-electron chi connectivity index (χ1n) is 7.35. The minimum atomic E-state index is -3.37. The van der Waals surface area contributed by atoms with Crippen LogP contribution in [-0.2, 0) is 16.4 Å². The van der Waals surface area contributed by atoms with E-state index in [4.69, 9.17) is 0 Å². The molecule has 1 aliphatic heterocycles. The quantitative estimate of drug-likeness (QED) is 0.928. The molecule has 1 N–H and O–H groups in total. The lowest BCUT2D eigenvalue weighted by Crippen LogP contribution is -2.36. The number of fused-ring (bicyclic) bond motifs is 1. The van der Waals surface area contributed by atoms with Crippen LogP contribution >= 0.6 is 0 Å². The zero-order valence-electron chi connectivity index (χ0n) is 12.1. The second-order valence-corrected chi connectivity index (χ2v) is 7.95. The van der Waals surface area contributed by atoms with E-state index in [9.17, 15) is 8.42 Å². The summed E-state index contributed by atoms with van der Waals surface area (Å²) >= 11 is 0. The highest BCUT2D eigenvalue weighted by Gasteiger charge is 2.36. The number of sulfonamides is 1. The van der Waals surface area contributed by atoms with Gasteiger partial charge in [-0.25, -0.2) is 8.42 Å². The van der Waals surface area contributed by atoms with Gasteiger partial charge in [0.05, 0.1) is 4.90 Å². The zero-order valence-corrected chi connectivity index (χ0v) is 12.9. The molecule has 1 aromatic rings. The van der Waals surface area contributed by atoms with Crippen LogP contribution in [0.1, 0.15) is 31.7 Å². The van der Waals surface area contributed by atoms with E-state index in [1.165, 1.54) is 0 Å². The van der Waals surface area contributed by atoms with Gasteiger partial charge in [0.1, 0.15) is 0 Å². The highest BCUT2D eigenvalue weighted by molar-refractivity contribution is 7.89. The predicted molar refractivity (Wildman–Crippen MR) is 80.4 cm³/mol. The van der Waals surface area contributed by atoms with E-state index >= 15 is 0 Å². The number of anilines is 1. The maximum absolute atomic E-state index is 12.7. The van der Waals surface area contributed by atoms with E-state index in [2.05, 4.69) is 5.32 Å². The fraction of sp³-hybridized carbons (Fsp3) is 0.600. The lowest BCUT2D eigenvalue weighted by molar-refractivity contribution is 0.357. The van der Waals surface area contributed by atoms with E-state index in [-0.39, 0.29) is 6.04 Å². The molecule has 0 amide bonds. The Kier molecular flexibility index (Phi) is 3.50. The summed E-state index contributed by atoms with van der Waals surface area (Å²) in [5.74, 6) is 0.536. The van der Waals surface area contributed by atoms with Gasteiger partial charge >= 0.3 is 0 Å². The van der Waals surface area contributed by atoms with Crippen molar-refractivity contribution in [3.63, 3.8) is 0 Å². The maximum atomic E-state index is 12.7. The van der Waals surface area contributed by atoms with Crippen molar-refractivity contribution in [2.24, 2.45) is 5.92 Å². The smallest absolute Gasteiger partial charge is 0.243 e. The molecule has 1 unspecified atom stereocenters. The number of nitrogens with one attached hydrogen (secondary N) is 1. The molecule has 3 rings (SSSR count). The molecule has 0 spiro atoms. The van der Waals surface area contributed by atoms with Crippen molar-refractivity contribution in [1.82, 2.24) is 4.31 Å². The second-order valence-electron chi connectivity index (χ2n) is 5.95. The van der Waals surface area contributed by atoms with Gasteiger partial charge in [0.25, 0.3) is 0 Å². The molecule has 20 heavy (non-hydrogen) atoms. The Morgan fingerprint density at radius 1 is 1.35 bits per heavy atom. The Labute approximate surface area is 121 Å². The Morgan fingerprint density at radius 3 is 2.80 bits per heavy atom. The first kappa shape index (κ1) is 13.9. The van der Waals surface area contributed by atoms with Crippen LogP contribution in [0.2, 0.25) is 0 Å².